The molecular weight excluding hydrogens is 304 g/mol. The van der Waals surface area contributed by atoms with Gasteiger partial charge in [0, 0.05) is 14.2 Å². The summed E-state index contributed by atoms with van der Waals surface area (Å²) < 4.78 is 1.11. The topological polar surface area (TPSA) is 0 Å². The Balaban J connectivity index is 2.41. The number of thiophene rings is 1. The molecule has 1 aromatic carbocycles. The van der Waals surface area contributed by atoms with Crippen LogP contribution >= 0.6 is 38.9 Å². The van der Waals surface area contributed by atoms with E-state index in [4.69, 9.17) is 11.6 Å². The molecular formula is C13H12BrClS. The van der Waals surface area contributed by atoms with Crippen molar-refractivity contribution in [1.82, 2.24) is 0 Å². The van der Waals surface area contributed by atoms with E-state index < -0.39 is 0 Å². The molecule has 2 rings (SSSR count). The van der Waals surface area contributed by atoms with Crippen LogP contribution in [0.15, 0.2) is 34.8 Å². The van der Waals surface area contributed by atoms with Gasteiger partial charge in [-0.25, -0.2) is 0 Å². The zero-order valence-electron chi connectivity index (χ0n) is 9.13. The first-order valence-electron chi connectivity index (χ1n) is 5.05. The molecule has 0 spiro atoms. The Morgan fingerprint density at radius 1 is 1.19 bits per heavy atom. The second kappa shape index (κ2) is 4.91. The molecule has 0 fully saturated rings. The highest BCUT2D eigenvalue weighted by molar-refractivity contribution is 9.10. The van der Waals surface area contributed by atoms with Gasteiger partial charge in [0.2, 0.25) is 0 Å². The molecule has 2 aromatic rings. The van der Waals surface area contributed by atoms with Gasteiger partial charge in [-0.2, -0.15) is 0 Å². The van der Waals surface area contributed by atoms with E-state index in [0.29, 0.717) is 0 Å². The lowest BCUT2D eigenvalue weighted by Gasteiger charge is -2.11. The van der Waals surface area contributed by atoms with Crippen molar-refractivity contribution in [2.24, 2.45) is 0 Å². The van der Waals surface area contributed by atoms with Gasteiger partial charge in [0.15, 0.2) is 0 Å². The van der Waals surface area contributed by atoms with E-state index in [9.17, 15) is 0 Å². The van der Waals surface area contributed by atoms with Gasteiger partial charge in [0.05, 0.1) is 5.38 Å². The predicted octanol–water partition coefficient (Wildman–Crippen LogP) is 5.46. The quantitative estimate of drug-likeness (QED) is 0.646. The Kier molecular flexibility index (Phi) is 3.73. The third-order valence-corrected chi connectivity index (χ3v) is 5.25. The summed E-state index contributed by atoms with van der Waals surface area (Å²) in [4.78, 5) is 2.50. The number of aryl methyl sites for hydroxylation is 2. The first-order chi connectivity index (χ1) is 7.59. The van der Waals surface area contributed by atoms with Crippen molar-refractivity contribution in [1.29, 1.82) is 0 Å². The summed E-state index contributed by atoms with van der Waals surface area (Å²) in [5.74, 6) is 0. The zero-order chi connectivity index (χ0) is 11.7. The van der Waals surface area contributed by atoms with E-state index >= 15 is 0 Å². The molecule has 0 aliphatic carbocycles. The maximum absolute atomic E-state index is 6.50. The molecule has 0 aliphatic heterocycles. The Morgan fingerprint density at radius 2 is 1.94 bits per heavy atom. The molecule has 3 heteroatoms. The lowest BCUT2D eigenvalue weighted by atomic mass is 10.1. The summed E-state index contributed by atoms with van der Waals surface area (Å²) in [7, 11) is 0. The van der Waals surface area contributed by atoms with Crippen molar-refractivity contribution in [3.8, 4) is 0 Å². The van der Waals surface area contributed by atoms with Gasteiger partial charge in [-0.1, -0.05) is 34.1 Å². The summed E-state index contributed by atoms with van der Waals surface area (Å²) in [6.45, 7) is 4.18. The van der Waals surface area contributed by atoms with Crippen LogP contribution in [0.1, 0.15) is 26.3 Å². The highest BCUT2D eigenvalue weighted by Gasteiger charge is 2.16. The van der Waals surface area contributed by atoms with Crippen LogP contribution in [0.5, 0.6) is 0 Å². The van der Waals surface area contributed by atoms with Gasteiger partial charge in [0.25, 0.3) is 0 Å². The molecule has 1 aromatic heterocycles. The summed E-state index contributed by atoms with van der Waals surface area (Å²) in [6, 6.07) is 10.4. The smallest absolute Gasteiger partial charge is 0.0938 e. The van der Waals surface area contributed by atoms with Gasteiger partial charge in [-0.3, -0.25) is 0 Å². The van der Waals surface area contributed by atoms with Crippen molar-refractivity contribution in [3.05, 3.63) is 55.7 Å². The third kappa shape index (κ3) is 2.34. The van der Waals surface area contributed by atoms with E-state index in [2.05, 4.69) is 54.0 Å². The highest BCUT2D eigenvalue weighted by atomic mass is 79.9. The summed E-state index contributed by atoms with van der Waals surface area (Å²) in [5, 5.41) is -0.0621. The SMILES string of the molecule is Cc1ccc(C(Cl)c2cccc(C)c2Br)s1. The molecule has 0 saturated carbocycles. The summed E-state index contributed by atoms with van der Waals surface area (Å²) in [6.07, 6.45) is 0. The average molecular weight is 316 g/mol. The number of benzene rings is 1. The Hall–Kier alpha value is -0.310. The van der Waals surface area contributed by atoms with Crippen LogP contribution in [0, 0.1) is 13.8 Å². The Morgan fingerprint density at radius 3 is 2.56 bits per heavy atom. The van der Waals surface area contributed by atoms with Gasteiger partial charge in [-0.15, -0.1) is 22.9 Å². The maximum atomic E-state index is 6.50. The van der Waals surface area contributed by atoms with Gasteiger partial charge in [0.1, 0.15) is 0 Å². The largest absolute Gasteiger partial charge is 0.144 e. The molecule has 0 saturated heterocycles. The maximum Gasteiger partial charge on any atom is 0.0938 e. The fourth-order valence-electron chi connectivity index (χ4n) is 1.61. The molecule has 0 bridgehead atoms. The van der Waals surface area contributed by atoms with Crippen molar-refractivity contribution in [2.75, 3.05) is 0 Å². The zero-order valence-corrected chi connectivity index (χ0v) is 12.3. The fourth-order valence-corrected chi connectivity index (χ4v) is 3.50. The first-order valence-corrected chi connectivity index (χ1v) is 7.09. The monoisotopic (exact) mass is 314 g/mol. The van der Waals surface area contributed by atoms with Crippen LogP contribution in [0.2, 0.25) is 0 Å². The van der Waals surface area contributed by atoms with E-state index in [1.807, 2.05) is 6.07 Å². The minimum Gasteiger partial charge on any atom is -0.144 e. The first kappa shape index (κ1) is 12.2. The average Bonchev–Trinajstić information content (AvgIpc) is 2.68. The van der Waals surface area contributed by atoms with Crippen molar-refractivity contribution < 1.29 is 0 Å². The molecule has 1 atom stereocenters. The van der Waals surface area contributed by atoms with E-state index in [1.165, 1.54) is 15.3 Å². The van der Waals surface area contributed by atoms with Crippen molar-refractivity contribution in [3.63, 3.8) is 0 Å². The molecule has 0 radical (unpaired) electrons. The van der Waals surface area contributed by atoms with Crippen LogP contribution < -0.4 is 0 Å². The number of hydrogen-bond donors (Lipinski definition) is 0. The van der Waals surface area contributed by atoms with Crippen molar-refractivity contribution >= 4 is 38.9 Å². The number of alkyl halides is 1. The third-order valence-electron chi connectivity index (χ3n) is 2.51. The lowest BCUT2D eigenvalue weighted by Crippen LogP contribution is -1.93. The minimum atomic E-state index is -0.0621. The van der Waals surface area contributed by atoms with Crippen LogP contribution in [-0.2, 0) is 0 Å². The van der Waals surface area contributed by atoms with Gasteiger partial charge < -0.3 is 0 Å². The van der Waals surface area contributed by atoms with Crippen LogP contribution in [0.25, 0.3) is 0 Å². The molecule has 0 aliphatic rings. The lowest BCUT2D eigenvalue weighted by molar-refractivity contribution is 1.15. The molecule has 16 heavy (non-hydrogen) atoms. The number of rotatable bonds is 2. The number of halogens is 2. The standard InChI is InChI=1S/C13H12BrClS/c1-8-4-3-5-10(12(8)14)13(15)11-7-6-9(2)16-11/h3-7,13H,1-2H3. The molecule has 1 unspecified atom stereocenters. The number of hydrogen-bond acceptors (Lipinski definition) is 1. The molecule has 0 amide bonds. The second-order valence-electron chi connectivity index (χ2n) is 3.79. The molecule has 1 heterocycles. The van der Waals surface area contributed by atoms with Gasteiger partial charge in [-0.05, 0) is 37.1 Å². The minimum absolute atomic E-state index is 0.0621. The van der Waals surface area contributed by atoms with Crippen molar-refractivity contribution in [2.45, 2.75) is 19.2 Å². The molecule has 0 nitrogen and oxygen atoms in total. The Bertz CT molecular complexity index is 504. The summed E-state index contributed by atoms with van der Waals surface area (Å²) >= 11 is 11.9. The molecule has 84 valence electrons. The van der Waals surface area contributed by atoms with E-state index in [1.54, 1.807) is 11.3 Å². The normalized spacial score (nSPS) is 12.8. The van der Waals surface area contributed by atoms with Crippen LogP contribution in [0.4, 0.5) is 0 Å². The van der Waals surface area contributed by atoms with Crippen LogP contribution in [0.3, 0.4) is 0 Å². The fraction of sp³-hybridized carbons (Fsp3) is 0.231. The highest BCUT2D eigenvalue weighted by Crippen LogP contribution is 2.38. The van der Waals surface area contributed by atoms with Gasteiger partial charge >= 0.3 is 0 Å². The van der Waals surface area contributed by atoms with E-state index in [0.717, 1.165) is 10.0 Å². The summed E-state index contributed by atoms with van der Waals surface area (Å²) in [5.41, 5.74) is 2.36. The Labute approximate surface area is 113 Å². The second-order valence-corrected chi connectivity index (χ2v) is 6.34. The molecule has 0 N–H and O–H groups in total. The van der Waals surface area contributed by atoms with E-state index in [-0.39, 0.29) is 5.38 Å². The van der Waals surface area contributed by atoms with Crippen LogP contribution in [-0.4, -0.2) is 0 Å². The predicted molar refractivity (Wildman–Crippen MR) is 75.6 cm³/mol.